The number of nitrogens with one attached hydrogen (secondary N) is 2. The minimum absolute atomic E-state index is 0.00926. The molecule has 9 heteroatoms. The molecule has 0 bridgehead atoms. The molecule has 3 amide bonds. The van der Waals surface area contributed by atoms with Gasteiger partial charge in [0, 0.05) is 11.3 Å². The first-order valence-electron chi connectivity index (χ1n) is 12.4. The zero-order valence-electron chi connectivity index (χ0n) is 21.5. The molecular formula is C29H30N4O4S. The highest BCUT2D eigenvalue weighted by Gasteiger charge is 2.42. The molecule has 1 aliphatic rings. The maximum Gasteiger partial charge on any atom is 0.269 e. The predicted octanol–water partition coefficient (Wildman–Crippen LogP) is 4.88. The van der Waals surface area contributed by atoms with Crippen LogP contribution in [0.4, 0.5) is 11.4 Å². The molecule has 0 aliphatic carbocycles. The van der Waals surface area contributed by atoms with Gasteiger partial charge in [0.25, 0.3) is 5.91 Å². The van der Waals surface area contributed by atoms with E-state index in [-0.39, 0.29) is 17.4 Å². The summed E-state index contributed by atoms with van der Waals surface area (Å²) in [4.78, 5) is 41.1. The van der Waals surface area contributed by atoms with Crippen molar-refractivity contribution in [3.8, 4) is 5.75 Å². The molecule has 1 fully saturated rings. The Morgan fingerprint density at radius 1 is 1.00 bits per heavy atom. The summed E-state index contributed by atoms with van der Waals surface area (Å²) in [6, 6.07) is 22.0. The Labute approximate surface area is 227 Å². The van der Waals surface area contributed by atoms with E-state index in [1.54, 1.807) is 54.6 Å². The number of benzene rings is 3. The van der Waals surface area contributed by atoms with Gasteiger partial charge in [-0.1, -0.05) is 44.2 Å². The van der Waals surface area contributed by atoms with Gasteiger partial charge in [0.15, 0.2) is 0 Å². The van der Waals surface area contributed by atoms with Crippen molar-refractivity contribution in [1.29, 1.82) is 0 Å². The van der Waals surface area contributed by atoms with E-state index in [9.17, 15) is 14.4 Å². The van der Waals surface area contributed by atoms with E-state index in [1.807, 2.05) is 31.2 Å². The van der Waals surface area contributed by atoms with E-state index in [4.69, 9.17) is 17.0 Å². The van der Waals surface area contributed by atoms with Gasteiger partial charge in [0.05, 0.1) is 18.7 Å². The molecule has 1 saturated heterocycles. The van der Waals surface area contributed by atoms with Crippen LogP contribution in [0.5, 0.6) is 5.75 Å². The number of rotatable bonds is 8. The molecule has 196 valence electrons. The van der Waals surface area contributed by atoms with Gasteiger partial charge >= 0.3 is 0 Å². The Morgan fingerprint density at radius 2 is 1.66 bits per heavy atom. The Balaban J connectivity index is 1.61. The van der Waals surface area contributed by atoms with Crippen LogP contribution in [-0.4, -0.2) is 40.5 Å². The van der Waals surface area contributed by atoms with E-state index >= 15 is 0 Å². The molecule has 38 heavy (non-hydrogen) atoms. The van der Waals surface area contributed by atoms with Crippen LogP contribution < -0.4 is 20.4 Å². The second kappa shape index (κ2) is 11.9. The molecule has 3 aromatic rings. The summed E-state index contributed by atoms with van der Waals surface area (Å²) in [5, 5.41) is 4.14. The Morgan fingerprint density at radius 3 is 2.26 bits per heavy atom. The average Bonchev–Trinajstić information content (AvgIpc) is 2.92. The molecule has 1 aliphatic heterocycles. The van der Waals surface area contributed by atoms with E-state index in [0.29, 0.717) is 35.2 Å². The van der Waals surface area contributed by atoms with Crippen LogP contribution in [0, 0.1) is 0 Å². The molecule has 0 spiro atoms. The van der Waals surface area contributed by atoms with Crippen LogP contribution >= 0.6 is 12.2 Å². The fourth-order valence-electron chi connectivity index (χ4n) is 4.08. The van der Waals surface area contributed by atoms with Gasteiger partial charge in [0.2, 0.25) is 16.9 Å². The summed E-state index contributed by atoms with van der Waals surface area (Å²) in [5.41, 5.74) is 5.37. The molecule has 1 atom stereocenters. The van der Waals surface area contributed by atoms with Crippen LogP contribution in [-0.2, 0) is 9.59 Å². The minimum atomic E-state index is -1.05. The van der Waals surface area contributed by atoms with Crippen molar-refractivity contribution in [3.05, 3.63) is 90.0 Å². The van der Waals surface area contributed by atoms with Gasteiger partial charge in [-0.05, 0) is 79.2 Å². The second-order valence-electron chi connectivity index (χ2n) is 9.10. The third kappa shape index (κ3) is 6.00. The number of nitrogens with zero attached hydrogens (tertiary/aromatic N) is 2. The zero-order valence-corrected chi connectivity index (χ0v) is 22.3. The fraction of sp³-hybridized carbons (Fsp3) is 0.241. The van der Waals surface area contributed by atoms with Gasteiger partial charge in [0.1, 0.15) is 11.8 Å². The molecule has 3 aromatic carbocycles. The summed E-state index contributed by atoms with van der Waals surface area (Å²) in [5.74, 6) is -0.266. The highest BCUT2D eigenvalue weighted by molar-refractivity contribution is 7.80. The zero-order chi connectivity index (χ0) is 27.2. The maximum absolute atomic E-state index is 13.4. The number of carbonyl (C=O) groups excluding carboxylic acids is 3. The van der Waals surface area contributed by atoms with Crippen molar-refractivity contribution in [1.82, 2.24) is 10.4 Å². The highest BCUT2D eigenvalue weighted by Crippen LogP contribution is 2.27. The lowest BCUT2D eigenvalue weighted by molar-refractivity contribution is -0.127. The first-order chi connectivity index (χ1) is 18.3. The number of hydrazine groups is 1. The van der Waals surface area contributed by atoms with Gasteiger partial charge < -0.3 is 10.1 Å². The smallest absolute Gasteiger partial charge is 0.269 e. The van der Waals surface area contributed by atoms with Crippen molar-refractivity contribution < 1.29 is 19.1 Å². The van der Waals surface area contributed by atoms with Gasteiger partial charge in [-0.15, -0.1) is 0 Å². The topological polar surface area (TPSA) is 91.0 Å². The van der Waals surface area contributed by atoms with Crippen molar-refractivity contribution in [2.45, 2.75) is 39.2 Å². The Hall–Kier alpha value is -4.24. The normalized spacial score (nSPS) is 15.4. The number of hydrogen-bond acceptors (Lipinski definition) is 5. The molecular weight excluding hydrogens is 500 g/mol. The fourth-order valence-corrected chi connectivity index (χ4v) is 4.46. The van der Waals surface area contributed by atoms with E-state index in [1.165, 1.54) is 9.91 Å². The van der Waals surface area contributed by atoms with E-state index in [2.05, 4.69) is 24.6 Å². The molecule has 0 radical (unpaired) electrons. The lowest BCUT2D eigenvalue weighted by Crippen LogP contribution is -2.65. The largest absolute Gasteiger partial charge is 0.494 e. The first-order valence-corrected chi connectivity index (χ1v) is 12.8. The molecule has 0 saturated carbocycles. The maximum atomic E-state index is 13.4. The number of ether oxygens (including phenoxy) is 1. The quantitative estimate of drug-likeness (QED) is 0.403. The van der Waals surface area contributed by atoms with Gasteiger partial charge in [-0.3, -0.25) is 24.7 Å². The predicted molar refractivity (Wildman–Crippen MR) is 151 cm³/mol. The lowest BCUT2D eigenvalue weighted by atomic mass is 10.0. The van der Waals surface area contributed by atoms with Gasteiger partial charge in [-0.25, -0.2) is 5.01 Å². The number of anilines is 2. The number of carbonyl (C=O) groups is 3. The van der Waals surface area contributed by atoms with Crippen LogP contribution in [0.15, 0.2) is 78.9 Å². The molecule has 1 heterocycles. The SMILES string of the molecule is CCOc1ccc(N2C(=O)CC(C(=O)Nc3ccc(C(C)C)cc3)N(NC(=O)c3ccccc3)C2=S)cc1. The summed E-state index contributed by atoms with van der Waals surface area (Å²) in [6.07, 6.45) is -0.196. The number of hydrogen-bond donors (Lipinski definition) is 2. The van der Waals surface area contributed by atoms with E-state index < -0.39 is 17.9 Å². The van der Waals surface area contributed by atoms with Crippen molar-refractivity contribution in [2.75, 3.05) is 16.8 Å². The van der Waals surface area contributed by atoms with Crippen molar-refractivity contribution in [2.24, 2.45) is 0 Å². The molecule has 2 N–H and O–H groups in total. The summed E-state index contributed by atoms with van der Waals surface area (Å²) < 4.78 is 5.49. The second-order valence-corrected chi connectivity index (χ2v) is 9.47. The molecule has 8 nitrogen and oxygen atoms in total. The van der Waals surface area contributed by atoms with Crippen LogP contribution in [0.25, 0.3) is 0 Å². The third-order valence-corrected chi connectivity index (χ3v) is 6.52. The Kier molecular flexibility index (Phi) is 8.38. The molecule has 1 unspecified atom stereocenters. The summed E-state index contributed by atoms with van der Waals surface area (Å²) >= 11 is 5.67. The standard InChI is InChI=1S/C29H30N4O4S/c1-4-37-24-16-14-23(15-17-24)32-26(34)18-25(28(36)30-22-12-10-20(11-13-22)19(2)3)33(29(32)38)31-27(35)21-8-6-5-7-9-21/h5-17,19,25H,4,18H2,1-3H3,(H,30,36)(H,31,35). The number of thiocarbonyl (C=S) groups is 1. The minimum Gasteiger partial charge on any atom is -0.494 e. The molecule has 4 rings (SSSR count). The monoisotopic (exact) mass is 530 g/mol. The first kappa shape index (κ1) is 26.8. The van der Waals surface area contributed by atoms with Crippen LogP contribution in [0.1, 0.15) is 49.0 Å². The highest BCUT2D eigenvalue weighted by atomic mass is 32.1. The summed E-state index contributed by atoms with van der Waals surface area (Å²) in [6.45, 7) is 6.57. The van der Waals surface area contributed by atoms with Crippen LogP contribution in [0.3, 0.4) is 0 Å². The molecule has 0 aromatic heterocycles. The summed E-state index contributed by atoms with van der Waals surface area (Å²) in [7, 11) is 0. The number of amides is 3. The van der Waals surface area contributed by atoms with Crippen molar-refractivity contribution >= 4 is 46.4 Å². The van der Waals surface area contributed by atoms with Crippen molar-refractivity contribution in [3.63, 3.8) is 0 Å². The van der Waals surface area contributed by atoms with Gasteiger partial charge in [-0.2, -0.15) is 0 Å². The van der Waals surface area contributed by atoms with E-state index in [0.717, 1.165) is 5.56 Å². The Bertz CT molecular complexity index is 1310. The average molecular weight is 531 g/mol. The van der Waals surface area contributed by atoms with Crippen LogP contribution in [0.2, 0.25) is 0 Å². The third-order valence-electron chi connectivity index (χ3n) is 6.14. The lowest BCUT2D eigenvalue weighted by Gasteiger charge is -2.41.